The summed E-state index contributed by atoms with van der Waals surface area (Å²) >= 11 is 1.74. The molecule has 2 aliphatic heterocycles. The molecule has 2 heterocycles. The summed E-state index contributed by atoms with van der Waals surface area (Å²) in [5, 5.41) is 2.97. The van der Waals surface area contributed by atoms with E-state index in [2.05, 4.69) is 35.3 Å². The van der Waals surface area contributed by atoms with E-state index in [-0.39, 0.29) is 22.6 Å². The van der Waals surface area contributed by atoms with Crippen molar-refractivity contribution in [2.24, 2.45) is 0 Å². The lowest BCUT2D eigenvalue weighted by molar-refractivity contribution is -0.130. The second-order valence-electron chi connectivity index (χ2n) is 7.18. The predicted molar refractivity (Wildman–Crippen MR) is 110 cm³/mol. The average molecular weight is 391 g/mol. The molecule has 0 aliphatic carbocycles. The Balaban J connectivity index is 1.57. The van der Waals surface area contributed by atoms with Crippen molar-refractivity contribution in [3.63, 3.8) is 0 Å². The van der Waals surface area contributed by atoms with Crippen LogP contribution in [-0.2, 0) is 4.79 Å². The number of thioether (sulfide) groups is 1. The van der Waals surface area contributed by atoms with Crippen LogP contribution in [-0.4, -0.2) is 77.7 Å². The lowest BCUT2D eigenvalue weighted by Crippen LogP contribution is -2.53. The molecule has 1 N–H and O–H groups in total. The molecule has 6 nitrogen and oxygen atoms in total. The van der Waals surface area contributed by atoms with Crippen LogP contribution in [0.5, 0.6) is 0 Å². The van der Waals surface area contributed by atoms with Gasteiger partial charge in [-0.15, -0.1) is 11.8 Å². The third-order valence-electron chi connectivity index (χ3n) is 5.35. The van der Waals surface area contributed by atoms with Crippen molar-refractivity contribution in [1.29, 1.82) is 0 Å². The fraction of sp³-hybridized carbons (Fsp3) is 0.600. The second-order valence-corrected chi connectivity index (χ2v) is 8.61. The van der Waals surface area contributed by atoms with E-state index in [0.717, 1.165) is 39.3 Å². The number of hydrogen-bond acceptors (Lipinski definition) is 4. The van der Waals surface area contributed by atoms with Gasteiger partial charge in [-0.1, -0.05) is 24.3 Å². The van der Waals surface area contributed by atoms with Crippen LogP contribution in [0.2, 0.25) is 0 Å². The lowest BCUT2D eigenvalue weighted by atomic mass is 10.1. The number of aryl methyl sites for hydroxylation is 1. The van der Waals surface area contributed by atoms with Gasteiger partial charge >= 0.3 is 6.03 Å². The molecule has 1 aromatic rings. The third kappa shape index (κ3) is 4.58. The van der Waals surface area contributed by atoms with Crippen molar-refractivity contribution in [3.05, 3.63) is 35.4 Å². The summed E-state index contributed by atoms with van der Waals surface area (Å²) < 4.78 is 0. The highest BCUT2D eigenvalue weighted by molar-refractivity contribution is 8.01. The quantitative estimate of drug-likeness (QED) is 0.838. The average Bonchev–Trinajstić information content (AvgIpc) is 2.95. The van der Waals surface area contributed by atoms with E-state index in [9.17, 15) is 9.59 Å². The maximum absolute atomic E-state index is 12.7. The molecule has 3 amide bonds. The fourth-order valence-electron chi connectivity index (χ4n) is 3.69. The molecule has 2 fully saturated rings. The number of rotatable bonds is 5. The Kier molecular flexibility index (Phi) is 6.65. The van der Waals surface area contributed by atoms with Crippen molar-refractivity contribution in [1.82, 2.24) is 20.0 Å². The van der Waals surface area contributed by atoms with Crippen molar-refractivity contribution < 1.29 is 9.59 Å². The van der Waals surface area contributed by atoms with E-state index < -0.39 is 0 Å². The Morgan fingerprint density at radius 1 is 1.19 bits per heavy atom. The summed E-state index contributed by atoms with van der Waals surface area (Å²) in [5.41, 5.74) is 2.47. The molecule has 1 aromatic carbocycles. The van der Waals surface area contributed by atoms with E-state index in [1.165, 1.54) is 11.1 Å². The molecule has 2 saturated heterocycles. The van der Waals surface area contributed by atoms with Crippen LogP contribution in [0.25, 0.3) is 0 Å². The highest BCUT2D eigenvalue weighted by atomic mass is 32.2. The van der Waals surface area contributed by atoms with Gasteiger partial charge in [-0.25, -0.2) is 4.79 Å². The zero-order chi connectivity index (χ0) is 19.4. The normalized spacial score (nSPS) is 23.7. The largest absolute Gasteiger partial charge is 0.338 e. The first-order valence-electron chi connectivity index (χ1n) is 9.78. The van der Waals surface area contributed by atoms with E-state index in [0.29, 0.717) is 6.54 Å². The summed E-state index contributed by atoms with van der Waals surface area (Å²) in [6, 6.07) is 8.37. The monoisotopic (exact) mass is 390 g/mol. The highest BCUT2D eigenvalue weighted by Gasteiger charge is 2.39. The fourth-order valence-corrected chi connectivity index (χ4v) is 5.10. The number of nitrogens with one attached hydrogen (secondary N) is 1. The minimum atomic E-state index is 0.00388. The van der Waals surface area contributed by atoms with Crippen LogP contribution >= 0.6 is 11.8 Å². The molecule has 0 bridgehead atoms. The van der Waals surface area contributed by atoms with Gasteiger partial charge in [0.2, 0.25) is 5.91 Å². The third-order valence-corrected chi connectivity index (χ3v) is 6.72. The van der Waals surface area contributed by atoms with Crippen LogP contribution < -0.4 is 5.32 Å². The van der Waals surface area contributed by atoms with E-state index in [4.69, 9.17) is 0 Å². The number of benzene rings is 1. The number of carbonyl (C=O) groups is 2. The number of piperazine rings is 1. The number of hydrogen-bond donors (Lipinski definition) is 1. The molecular weight excluding hydrogens is 360 g/mol. The summed E-state index contributed by atoms with van der Waals surface area (Å²) in [6.07, 6.45) is 0. The van der Waals surface area contributed by atoms with Gasteiger partial charge in [0, 0.05) is 45.8 Å². The predicted octanol–water partition coefficient (Wildman–Crippen LogP) is 2.30. The Bertz CT molecular complexity index is 676. The van der Waals surface area contributed by atoms with Gasteiger partial charge in [0.25, 0.3) is 0 Å². The van der Waals surface area contributed by atoms with Crippen molar-refractivity contribution in [3.8, 4) is 0 Å². The zero-order valence-electron chi connectivity index (χ0n) is 16.5. The molecular formula is C20H30N4O2S. The number of carbonyl (C=O) groups excluding carboxylic acids is 2. The molecule has 27 heavy (non-hydrogen) atoms. The number of amides is 3. The summed E-state index contributed by atoms with van der Waals surface area (Å²) in [6.45, 7) is 11.5. The van der Waals surface area contributed by atoms with E-state index >= 15 is 0 Å². The lowest BCUT2D eigenvalue weighted by Gasteiger charge is -2.36. The summed E-state index contributed by atoms with van der Waals surface area (Å²) in [4.78, 5) is 30.9. The number of nitrogens with zero attached hydrogens (tertiary/aromatic N) is 3. The molecule has 0 aromatic heterocycles. The first-order valence-corrected chi connectivity index (χ1v) is 10.7. The van der Waals surface area contributed by atoms with Gasteiger partial charge in [-0.2, -0.15) is 0 Å². The SMILES string of the molecule is CCNC(=O)N1CCN(CCN2C(=O)[C@@H](C)S[C@@H]2c2ccccc2C)CC1. The van der Waals surface area contributed by atoms with Crippen molar-refractivity contribution in [2.45, 2.75) is 31.4 Å². The second kappa shape index (κ2) is 8.97. The zero-order valence-corrected chi connectivity index (χ0v) is 17.3. The van der Waals surface area contributed by atoms with Crippen LogP contribution in [0.3, 0.4) is 0 Å². The van der Waals surface area contributed by atoms with Crippen LogP contribution in [0.15, 0.2) is 24.3 Å². The van der Waals surface area contributed by atoms with Crippen molar-refractivity contribution in [2.75, 3.05) is 45.8 Å². The first kappa shape index (κ1) is 20.0. The van der Waals surface area contributed by atoms with Crippen molar-refractivity contribution >= 4 is 23.7 Å². The van der Waals surface area contributed by atoms with Crippen LogP contribution in [0, 0.1) is 6.92 Å². The van der Waals surface area contributed by atoms with Gasteiger partial charge in [0.15, 0.2) is 0 Å². The van der Waals surface area contributed by atoms with Gasteiger partial charge < -0.3 is 15.1 Å². The highest BCUT2D eigenvalue weighted by Crippen LogP contribution is 2.43. The number of urea groups is 1. The van der Waals surface area contributed by atoms with E-state index in [1.807, 2.05) is 29.7 Å². The molecule has 0 spiro atoms. The Morgan fingerprint density at radius 2 is 1.89 bits per heavy atom. The van der Waals surface area contributed by atoms with Crippen LogP contribution in [0.4, 0.5) is 4.79 Å². The van der Waals surface area contributed by atoms with Gasteiger partial charge in [-0.05, 0) is 31.9 Å². The minimum Gasteiger partial charge on any atom is -0.338 e. The molecule has 7 heteroatoms. The molecule has 0 unspecified atom stereocenters. The Hall–Kier alpha value is -1.73. The molecule has 148 valence electrons. The summed E-state index contributed by atoms with van der Waals surface area (Å²) in [7, 11) is 0. The molecule has 0 saturated carbocycles. The Morgan fingerprint density at radius 3 is 2.56 bits per heavy atom. The molecule has 0 radical (unpaired) electrons. The minimum absolute atomic E-state index is 0.00388. The first-order chi connectivity index (χ1) is 13.0. The van der Waals surface area contributed by atoms with Gasteiger partial charge in [-0.3, -0.25) is 9.69 Å². The maximum atomic E-state index is 12.7. The van der Waals surface area contributed by atoms with Gasteiger partial charge in [0.05, 0.1) is 5.25 Å². The molecule has 3 rings (SSSR count). The smallest absolute Gasteiger partial charge is 0.317 e. The molecule has 2 atom stereocenters. The van der Waals surface area contributed by atoms with Gasteiger partial charge in [0.1, 0.15) is 5.37 Å². The standard InChI is InChI=1S/C20H30N4O2S/c1-4-21-20(26)23-12-9-22(10-13-23)11-14-24-18(25)16(3)27-19(24)17-8-6-5-7-15(17)2/h5-8,16,19H,4,9-14H2,1-3H3,(H,21,26)/t16-,19-/m1/s1. The maximum Gasteiger partial charge on any atom is 0.317 e. The van der Waals surface area contributed by atoms with E-state index in [1.54, 1.807) is 11.8 Å². The summed E-state index contributed by atoms with van der Waals surface area (Å²) in [5.74, 6) is 0.231. The Labute approximate surface area is 166 Å². The molecule has 2 aliphatic rings. The van der Waals surface area contributed by atoms with Crippen LogP contribution in [0.1, 0.15) is 30.3 Å². The topological polar surface area (TPSA) is 55.9 Å².